The second kappa shape index (κ2) is 9.20. The number of H-pyrrole nitrogens is 1. The second-order valence-electron chi connectivity index (χ2n) is 9.14. The van der Waals surface area contributed by atoms with Gasteiger partial charge in [-0.1, -0.05) is 34.5 Å². The number of carbonyl (C=O) groups is 2. The number of aromatic nitrogens is 5. The standard InChI is InChI=1S/C24H22Cl2N8O2/c25-14-4-6-18(17(26)8-14)28-24(36)20-9-15(10-27-20)34-11-21(31-33-34)13-3-5-16-19(7-13)30-32-22(16)29-23(35)12-1-2-12/h3-8,11-12,15,20,27H,1-2,9-10H2,(H,28,36)(H2,29,30,32,35)/t15-,20-/m0/s1. The zero-order valence-corrected chi connectivity index (χ0v) is 20.5. The van der Waals surface area contributed by atoms with Crippen molar-refractivity contribution in [2.75, 3.05) is 17.2 Å². The molecule has 1 aliphatic carbocycles. The van der Waals surface area contributed by atoms with Crippen LogP contribution in [-0.4, -0.2) is 49.6 Å². The summed E-state index contributed by atoms with van der Waals surface area (Å²) in [6.07, 6.45) is 4.30. The third-order valence-electron chi connectivity index (χ3n) is 6.55. The fraction of sp³-hybridized carbons (Fsp3) is 0.292. The molecule has 2 amide bonds. The molecule has 2 aromatic carbocycles. The summed E-state index contributed by atoms with van der Waals surface area (Å²) in [5.41, 5.74) is 2.89. The number of benzene rings is 2. The van der Waals surface area contributed by atoms with Gasteiger partial charge in [0.25, 0.3) is 0 Å². The van der Waals surface area contributed by atoms with Crippen LogP contribution in [0.3, 0.4) is 0 Å². The van der Waals surface area contributed by atoms with E-state index in [0.29, 0.717) is 40.2 Å². The predicted octanol–water partition coefficient (Wildman–Crippen LogP) is 4.02. The zero-order chi connectivity index (χ0) is 24.8. The molecule has 0 unspecified atom stereocenters. The van der Waals surface area contributed by atoms with Gasteiger partial charge in [-0.05, 0) is 49.6 Å². The lowest BCUT2D eigenvalue weighted by Crippen LogP contribution is -2.35. The largest absolute Gasteiger partial charge is 0.323 e. The van der Waals surface area contributed by atoms with Crippen molar-refractivity contribution >= 4 is 57.4 Å². The van der Waals surface area contributed by atoms with Gasteiger partial charge >= 0.3 is 0 Å². The number of amides is 2. The summed E-state index contributed by atoms with van der Waals surface area (Å²) in [5.74, 6) is 0.496. The van der Waals surface area contributed by atoms with Gasteiger partial charge in [-0.3, -0.25) is 14.7 Å². The van der Waals surface area contributed by atoms with Crippen LogP contribution < -0.4 is 16.0 Å². The highest BCUT2D eigenvalue weighted by Gasteiger charge is 2.32. The fourth-order valence-electron chi connectivity index (χ4n) is 4.35. The predicted molar refractivity (Wildman–Crippen MR) is 137 cm³/mol. The highest BCUT2D eigenvalue weighted by atomic mass is 35.5. The van der Waals surface area contributed by atoms with Crippen molar-refractivity contribution in [2.24, 2.45) is 5.92 Å². The van der Waals surface area contributed by atoms with E-state index in [0.717, 1.165) is 29.3 Å². The Morgan fingerprint density at radius 2 is 1.92 bits per heavy atom. The summed E-state index contributed by atoms with van der Waals surface area (Å²) in [7, 11) is 0. The number of aromatic amines is 1. The number of fused-ring (bicyclic) bond motifs is 1. The van der Waals surface area contributed by atoms with Crippen molar-refractivity contribution in [3.8, 4) is 11.3 Å². The van der Waals surface area contributed by atoms with Gasteiger partial charge in [0.2, 0.25) is 11.8 Å². The van der Waals surface area contributed by atoms with Gasteiger partial charge in [0.1, 0.15) is 5.69 Å². The van der Waals surface area contributed by atoms with E-state index in [1.54, 1.807) is 22.9 Å². The van der Waals surface area contributed by atoms with Crippen LogP contribution in [0.25, 0.3) is 22.2 Å². The average Bonchev–Trinajstić information content (AvgIpc) is 3.25. The van der Waals surface area contributed by atoms with Crippen molar-refractivity contribution in [1.82, 2.24) is 30.5 Å². The Kier molecular flexibility index (Phi) is 5.87. The fourth-order valence-corrected chi connectivity index (χ4v) is 4.81. The van der Waals surface area contributed by atoms with E-state index in [-0.39, 0.29) is 29.8 Å². The first-order valence-electron chi connectivity index (χ1n) is 11.6. The van der Waals surface area contributed by atoms with E-state index >= 15 is 0 Å². The van der Waals surface area contributed by atoms with E-state index in [1.807, 2.05) is 24.4 Å². The maximum Gasteiger partial charge on any atom is 0.241 e. The third-order valence-corrected chi connectivity index (χ3v) is 7.09. The number of nitrogens with one attached hydrogen (secondary N) is 4. The Morgan fingerprint density at radius 3 is 2.72 bits per heavy atom. The minimum atomic E-state index is -0.389. The quantitative estimate of drug-likeness (QED) is 0.301. The average molecular weight is 525 g/mol. The van der Waals surface area contributed by atoms with Gasteiger partial charge in [0.05, 0.1) is 34.5 Å². The van der Waals surface area contributed by atoms with Crippen LogP contribution in [0.4, 0.5) is 11.5 Å². The molecule has 1 saturated carbocycles. The molecule has 184 valence electrons. The molecule has 10 nitrogen and oxygen atoms in total. The van der Waals surface area contributed by atoms with E-state index in [9.17, 15) is 9.59 Å². The molecule has 4 N–H and O–H groups in total. The highest BCUT2D eigenvalue weighted by Crippen LogP contribution is 2.32. The maximum absolute atomic E-state index is 12.7. The zero-order valence-electron chi connectivity index (χ0n) is 19.0. The number of halogens is 2. The molecular weight excluding hydrogens is 503 g/mol. The Morgan fingerprint density at radius 1 is 1.06 bits per heavy atom. The van der Waals surface area contributed by atoms with Gasteiger partial charge in [0.15, 0.2) is 5.82 Å². The van der Waals surface area contributed by atoms with Crippen LogP contribution in [0.5, 0.6) is 0 Å². The molecule has 6 rings (SSSR count). The van der Waals surface area contributed by atoms with E-state index in [4.69, 9.17) is 23.2 Å². The number of nitrogens with zero attached hydrogens (tertiary/aromatic N) is 4. The minimum Gasteiger partial charge on any atom is -0.323 e. The minimum absolute atomic E-state index is 0.0174. The molecule has 1 aliphatic heterocycles. The van der Waals surface area contributed by atoms with Crippen molar-refractivity contribution in [2.45, 2.75) is 31.3 Å². The Bertz CT molecular complexity index is 1480. The molecule has 1 saturated heterocycles. The lowest BCUT2D eigenvalue weighted by atomic mass is 10.1. The summed E-state index contributed by atoms with van der Waals surface area (Å²) < 4.78 is 1.78. The van der Waals surface area contributed by atoms with Crippen LogP contribution in [0.1, 0.15) is 25.3 Å². The molecule has 36 heavy (non-hydrogen) atoms. The first-order chi connectivity index (χ1) is 17.4. The van der Waals surface area contributed by atoms with Crippen molar-refractivity contribution < 1.29 is 9.59 Å². The van der Waals surface area contributed by atoms with Gasteiger partial charge < -0.3 is 16.0 Å². The van der Waals surface area contributed by atoms with Crippen molar-refractivity contribution in [3.05, 3.63) is 52.6 Å². The van der Waals surface area contributed by atoms with E-state index in [2.05, 4.69) is 36.5 Å². The number of carbonyl (C=O) groups excluding carboxylic acids is 2. The van der Waals surface area contributed by atoms with Crippen molar-refractivity contribution in [3.63, 3.8) is 0 Å². The monoisotopic (exact) mass is 524 g/mol. The summed E-state index contributed by atoms with van der Waals surface area (Å²) in [6.45, 7) is 0.582. The number of anilines is 2. The van der Waals surface area contributed by atoms with Crippen LogP contribution in [0.2, 0.25) is 10.0 Å². The summed E-state index contributed by atoms with van der Waals surface area (Å²) in [5, 5.41) is 26.6. The van der Waals surface area contributed by atoms with Crippen molar-refractivity contribution in [1.29, 1.82) is 0 Å². The van der Waals surface area contributed by atoms with Gasteiger partial charge in [-0.2, -0.15) is 5.10 Å². The van der Waals surface area contributed by atoms with Crippen LogP contribution in [0.15, 0.2) is 42.6 Å². The second-order valence-corrected chi connectivity index (χ2v) is 9.99. The molecule has 2 atom stereocenters. The molecule has 2 aliphatic rings. The van der Waals surface area contributed by atoms with Gasteiger partial charge in [-0.15, -0.1) is 5.10 Å². The molecule has 0 spiro atoms. The highest BCUT2D eigenvalue weighted by molar-refractivity contribution is 6.36. The molecule has 3 heterocycles. The van der Waals surface area contributed by atoms with Gasteiger partial charge in [-0.25, -0.2) is 4.68 Å². The van der Waals surface area contributed by atoms with Gasteiger partial charge in [0, 0.05) is 28.4 Å². The topological polar surface area (TPSA) is 130 Å². The lowest BCUT2D eigenvalue weighted by molar-refractivity contribution is -0.118. The molecule has 4 aromatic rings. The first kappa shape index (κ1) is 23.0. The Balaban J connectivity index is 1.12. The summed E-state index contributed by atoms with van der Waals surface area (Å²) in [4.78, 5) is 24.8. The summed E-state index contributed by atoms with van der Waals surface area (Å²) >= 11 is 12.1. The number of hydrogen-bond donors (Lipinski definition) is 4. The van der Waals surface area contributed by atoms with Crippen LogP contribution >= 0.6 is 23.2 Å². The normalized spacial score (nSPS) is 19.5. The molecule has 2 fully saturated rings. The Hall–Kier alpha value is -3.47. The van der Waals surface area contributed by atoms with E-state index < -0.39 is 0 Å². The van der Waals surface area contributed by atoms with E-state index in [1.165, 1.54) is 0 Å². The van der Waals surface area contributed by atoms with Crippen LogP contribution in [-0.2, 0) is 9.59 Å². The molecule has 12 heteroatoms. The number of hydrogen-bond acceptors (Lipinski definition) is 6. The third kappa shape index (κ3) is 4.55. The molecule has 0 bridgehead atoms. The van der Waals surface area contributed by atoms with Crippen LogP contribution in [0, 0.1) is 5.92 Å². The maximum atomic E-state index is 12.7. The molecule has 2 aromatic heterocycles. The first-order valence-corrected chi connectivity index (χ1v) is 12.4. The Labute approximate surface area is 215 Å². The lowest BCUT2D eigenvalue weighted by Gasteiger charge is -2.12. The molecule has 0 radical (unpaired) electrons. The molecular formula is C24H22Cl2N8O2. The SMILES string of the molecule is O=C(Nc1n[nH]c2cc(-c3cn([C@@H]4CN[C@H](C(=O)Nc5ccc(Cl)cc5Cl)C4)nn3)ccc12)C1CC1. The summed E-state index contributed by atoms with van der Waals surface area (Å²) in [6, 6.07) is 10.3. The smallest absolute Gasteiger partial charge is 0.241 e. The number of rotatable bonds is 6.